The zero-order chi connectivity index (χ0) is 17.1. The van der Waals surface area contributed by atoms with Crippen molar-refractivity contribution < 1.29 is 28.8 Å². The zero-order valence-electron chi connectivity index (χ0n) is 13.4. The van der Waals surface area contributed by atoms with Gasteiger partial charge < -0.3 is 24.1 Å². The molecule has 0 saturated heterocycles. The Balaban J connectivity index is 1.94. The van der Waals surface area contributed by atoms with Crippen LogP contribution in [0, 0.1) is 0 Å². The Morgan fingerprint density at radius 3 is 2.62 bits per heavy atom. The van der Waals surface area contributed by atoms with Crippen molar-refractivity contribution in [2.24, 2.45) is 0 Å². The number of fused-ring (bicyclic) bond motifs is 1. The SMILES string of the molecule is COc1ccc(OC)c(CC(C(=O)O)c2ccc3c(c2)OCO3)c1. The third-order valence-corrected chi connectivity index (χ3v) is 4.01. The maximum absolute atomic E-state index is 11.8. The minimum absolute atomic E-state index is 0.153. The molecule has 0 saturated carbocycles. The molecule has 24 heavy (non-hydrogen) atoms. The van der Waals surface area contributed by atoms with Crippen LogP contribution in [0.4, 0.5) is 0 Å². The second-order valence-corrected chi connectivity index (χ2v) is 5.39. The average molecular weight is 330 g/mol. The largest absolute Gasteiger partial charge is 0.497 e. The second-order valence-electron chi connectivity index (χ2n) is 5.39. The van der Waals surface area contributed by atoms with Crippen molar-refractivity contribution in [2.75, 3.05) is 21.0 Å². The van der Waals surface area contributed by atoms with Gasteiger partial charge in [-0.25, -0.2) is 0 Å². The number of aliphatic carboxylic acids is 1. The normalized spacial score (nSPS) is 13.4. The van der Waals surface area contributed by atoms with Gasteiger partial charge in [-0.15, -0.1) is 0 Å². The molecular formula is C18H18O6. The van der Waals surface area contributed by atoms with Crippen LogP contribution < -0.4 is 18.9 Å². The predicted molar refractivity (Wildman–Crippen MR) is 86.2 cm³/mol. The fraction of sp³-hybridized carbons (Fsp3) is 0.278. The van der Waals surface area contributed by atoms with Gasteiger partial charge >= 0.3 is 5.97 Å². The van der Waals surface area contributed by atoms with Crippen LogP contribution in [0.1, 0.15) is 17.0 Å². The Kier molecular flexibility index (Phi) is 4.46. The molecule has 1 unspecified atom stereocenters. The van der Waals surface area contributed by atoms with E-state index in [0.717, 1.165) is 5.56 Å². The minimum Gasteiger partial charge on any atom is -0.497 e. The summed E-state index contributed by atoms with van der Waals surface area (Å²) in [5, 5.41) is 9.68. The predicted octanol–water partition coefficient (Wildman–Crippen LogP) is 2.84. The van der Waals surface area contributed by atoms with E-state index in [1.165, 1.54) is 0 Å². The molecule has 0 aliphatic carbocycles. The highest BCUT2D eigenvalue weighted by atomic mass is 16.7. The molecule has 1 atom stereocenters. The maximum Gasteiger partial charge on any atom is 0.311 e. The number of carboxylic acid groups (broad SMARTS) is 1. The highest BCUT2D eigenvalue weighted by Crippen LogP contribution is 2.36. The molecule has 1 N–H and O–H groups in total. The Labute approximate surface area is 139 Å². The molecule has 1 heterocycles. The van der Waals surface area contributed by atoms with Gasteiger partial charge in [0.2, 0.25) is 6.79 Å². The number of ether oxygens (including phenoxy) is 4. The van der Waals surface area contributed by atoms with E-state index in [1.54, 1.807) is 50.6 Å². The molecule has 1 aliphatic rings. The van der Waals surface area contributed by atoms with Gasteiger partial charge in [-0.05, 0) is 47.9 Å². The summed E-state index contributed by atoms with van der Waals surface area (Å²) < 4.78 is 21.2. The summed E-state index contributed by atoms with van der Waals surface area (Å²) in [6.45, 7) is 0.153. The van der Waals surface area contributed by atoms with Crippen LogP contribution in [-0.2, 0) is 11.2 Å². The van der Waals surface area contributed by atoms with Crippen LogP contribution in [0.5, 0.6) is 23.0 Å². The molecule has 0 amide bonds. The fourth-order valence-corrected chi connectivity index (χ4v) is 2.74. The third kappa shape index (κ3) is 3.08. The smallest absolute Gasteiger partial charge is 0.311 e. The third-order valence-electron chi connectivity index (χ3n) is 4.01. The Morgan fingerprint density at radius 1 is 1.12 bits per heavy atom. The summed E-state index contributed by atoms with van der Waals surface area (Å²) >= 11 is 0. The number of rotatable bonds is 6. The van der Waals surface area contributed by atoms with E-state index in [4.69, 9.17) is 18.9 Å². The summed E-state index contributed by atoms with van der Waals surface area (Å²) in [6.07, 6.45) is 0.273. The van der Waals surface area contributed by atoms with Gasteiger partial charge in [-0.3, -0.25) is 4.79 Å². The molecule has 3 rings (SSSR count). The van der Waals surface area contributed by atoms with E-state index in [-0.39, 0.29) is 13.2 Å². The lowest BCUT2D eigenvalue weighted by Gasteiger charge is -2.16. The first-order valence-corrected chi connectivity index (χ1v) is 7.45. The van der Waals surface area contributed by atoms with Gasteiger partial charge in [-0.1, -0.05) is 6.07 Å². The van der Waals surface area contributed by atoms with Gasteiger partial charge in [0.25, 0.3) is 0 Å². The first-order chi connectivity index (χ1) is 11.6. The molecule has 0 fully saturated rings. The summed E-state index contributed by atoms with van der Waals surface area (Å²) in [5.41, 5.74) is 1.42. The summed E-state index contributed by atoms with van der Waals surface area (Å²) in [5.74, 6) is 0.820. The van der Waals surface area contributed by atoms with Crippen molar-refractivity contribution in [3.8, 4) is 23.0 Å². The Hall–Kier alpha value is -2.89. The summed E-state index contributed by atoms with van der Waals surface area (Å²) in [7, 11) is 3.12. The maximum atomic E-state index is 11.8. The van der Waals surface area contributed by atoms with Gasteiger partial charge in [0.15, 0.2) is 11.5 Å². The molecule has 126 valence electrons. The van der Waals surface area contributed by atoms with E-state index in [9.17, 15) is 9.90 Å². The number of carbonyl (C=O) groups is 1. The molecule has 6 nitrogen and oxygen atoms in total. The summed E-state index contributed by atoms with van der Waals surface area (Å²) in [6, 6.07) is 10.5. The van der Waals surface area contributed by atoms with Crippen LogP contribution in [0.3, 0.4) is 0 Å². The fourth-order valence-electron chi connectivity index (χ4n) is 2.74. The molecule has 0 bridgehead atoms. The molecule has 0 aromatic heterocycles. The Morgan fingerprint density at radius 2 is 1.92 bits per heavy atom. The standard InChI is InChI=1S/C18H18O6/c1-21-13-4-6-15(22-2)12(7-13)8-14(18(19)20)11-3-5-16-17(9-11)24-10-23-16/h3-7,9,14H,8,10H2,1-2H3,(H,19,20). The van der Waals surface area contributed by atoms with E-state index in [0.29, 0.717) is 28.6 Å². The second kappa shape index (κ2) is 6.70. The van der Waals surface area contributed by atoms with Gasteiger partial charge in [-0.2, -0.15) is 0 Å². The van der Waals surface area contributed by atoms with Crippen molar-refractivity contribution in [1.29, 1.82) is 0 Å². The molecule has 0 spiro atoms. The molecular weight excluding hydrogens is 312 g/mol. The molecule has 6 heteroatoms. The van der Waals surface area contributed by atoms with Crippen molar-refractivity contribution in [1.82, 2.24) is 0 Å². The number of methoxy groups -OCH3 is 2. The number of carboxylic acids is 1. The van der Waals surface area contributed by atoms with Crippen LogP contribution >= 0.6 is 0 Å². The van der Waals surface area contributed by atoms with Crippen LogP contribution in [-0.4, -0.2) is 32.1 Å². The molecule has 2 aromatic rings. The van der Waals surface area contributed by atoms with Crippen molar-refractivity contribution in [3.05, 3.63) is 47.5 Å². The quantitative estimate of drug-likeness (QED) is 0.878. The van der Waals surface area contributed by atoms with Gasteiger partial charge in [0.1, 0.15) is 11.5 Å². The lowest BCUT2D eigenvalue weighted by Crippen LogP contribution is -2.15. The van der Waals surface area contributed by atoms with E-state index in [1.807, 2.05) is 0 Å². The number of hydrogen-bond donors (Lipinski definition) is 1. The first-order valence-electron chi connectivity index (χ1n) is 7.45. The van der Waals surface area contributed by atoms with Crippen molar-refractivity contribution in [2.45, 2.75) is 12.3 Å². The van der Waals surface area contributed by atoms with Crippen LogP contribution in [0.25, 0.3) is 0 Å². The Bertz CT molecular complexity index is 755. The highest BCUT2D eigenvalue weighted by Gasteiger charge is 2.25. The van der Waals surface area contributed by atoms with E-state index >= 15 is 0 Å². The van der Waals surface area contributed by atoms with Gasteiger partial charge in [0.05, 0.1) is 20.1 Å². The number of hydrogen-bond acceptors (Lipinski definition) is 5. The van der Waals surface area contributed by atoms with Crippen LogP contribution in [0.15, 0.2) is 36.4 Å². The average Bonchev–Trinajstić information content (AvgIpc) is 3.06. The molecule has 2 aromatic carbocycles. The highest BCUT2D eigenvalue weighted by molar-refractivity contribution is 5.77. The van der Waals surface area contributed by atoms with Crippen LogP contribution in [0.2, 0.25) is 0 Å². The monoisotopic (exact) mass is 330 g/mol. The lowest BCUT2D eigenvalue weighted by atomic mass is 9.91. The zero-order valence-corrected chi connectivity index (χ0v) is 13.4. The first kappa shape index (κ1) is 16.0. The molecule has 0 radical (unpaired) electrons. The topological polar surface area (TPSA) is 74.2 Å². The van der Waals surface area contributed by atoms with E-state index in [2.05, 4.69) is 0 Å². The van der Waals surface area contributed by atoms with E-state index < -0.39 is 11.9 Å². The van der Waals surface area contributed by atoms with Crippen molar-refractivity contribution in [3.63, 3.8) is 0 Å². The summed E-state index contributed by atoms with van der Waals surface area (Å²) in [4.78, 5) is 11.8. The molecule has 1 aliphatic heterocycles. The number of benzene rings is 2. The lowest BCUT2D eigenvalue weighted by molar-refractivity contribution is -0.138. The van der Waals surface area contributed by atoms with Crippen molar-refractivity contribution >= 4 is 5.97 Å². The van der Waals surface area contributed by atoms with Gasteiger partial charge in [0, 0.05) is 0 Å². The minimum atomic E-state index is -0.918.